The van der Waals surface area contributed by atoms with Gasteiger partial charge in [0.2, 0.25) is 0 Å². The summed E-state index contributed by atoms with van der Waals surface area (Å²) in [5.74, 6) is -1.23. The number of ether oxygens (including phenoxy) is 1. The van der Waals surface area contributed by atoms with Crippen molar-refractivity contribution in [2.75, 3.05) is 38.4 Å². The minimum Gasteiger partial charge on any atom is -0.467 e. The zero-order valence-electron chi connectivity index (χ0n) is 11.7. The number of esters is 1. The summed E-state index contributed by atoms with van der Waals surface area (Å²) in [4.78, 5) is 24.9. The Morgan fingerprint density at radius 2 is 2.10 bits per heavy atom. The van der Waals surface area contributed by atoms with Gasteiger partial charge in [0.1, 0.15) is 0 Å². The Hall–Kier alpha value is -2.28. The van der Waals surface area contributed by atoms with Crippen LogP contribution >= 0.6 is 0 Å². The zero-order valence-corrected chi connectivity index (χ0v) is 11.7. The fraction of sp³-hybridized carbons (Fsp3) is 0.385. The van der Waals surface area contributed by atoms with Crippen molar-refractivity contribution < 1.29 is 19.4 Å². The van der Waals surface area contributed by atoms with Gasteiger partial charge in [0.15, 0.2) is 6.10 Å². The summed E-state index contributed by atoms with van der Waals surface area (Å²) in [6.45, 7) is -0.229. The number of nitrogen functional groups attached to an aromatic ring is 1. The van der Waals surface area contributed by atoms with Gasteiger partial charge in [0.25, 0.3) is 5.91 Å². The number of nitrogens with two attached hydrogens (primary N) is 1. The van der Waals surface area contributed by atoms with Gasteiger partial charge >= 0.3 is 5.97 Å². The molecular formula is C13H19N3O4. The number of hydrogen-bond donors (Lipinski definition) is 3. The molecule has 0 fully saturated rings. The Morgan fingerprint density at radius 1 is 1.45 bits per heavy atom. The van der Waals surface area contributed by atoms with Crippen LogP contribution in [0.2, 0.25) is 0 Å². The van der Waals surface area contributed by atoms with Crippen LogP contribution in [0, 0.1) is 0 Å². The molecule has 0 heterocycles. The highest BCUT2D eigenvalue weighted by atomic mass is 16.5. The minimum absolute atomic E-state index is 0.229. The first-order valence-corrected chi connectivity index (χ1v) is 5.97. The quantitative estimate of drug-likeness (QED) is 0.501. The van der Waals surface area contributed by atoms with Crippen LogP contribution in [0.5, 0.6) is 0 Å². The highest BCUT2D eigenvalue weighted by Gasteiger charge is 2.18. The second-order valence-electron chi connectivity index (χ2n) is 4.42. The van der Waals surface area contributed by atoms with E-state index in [-0.39, 0.29) is 6.54 Å². The third-order valence-electron chi connectivity index (χ3n) is 2.68. The second kappa shape index (κ2) is 6.76. The van der Waals surface area contributed by atoms with Crippen LogP contribution in [-0.4, -0.2) is 50.8 Å². The standard InChI is InChI=1S/C13H19N3O4/c1-16(2)10-5-4-8(14)6-9(10)12(18)15-7-11(17)13(19)20-3/h4-6,11,17H,7,14H2,1-3H3,(H,15,18). The zero-order chi connectivity index (χ0) is 15.3. The molecular weight excluding hydrogens is 262 g/mol. The Labute approximate surface area is 117 Å². The molecule has 20 heavy (non-hydrogen) atoms. The van der Waals surface area contributed by atoms with Gasteiger partial charge in [0.05, 0.1) is 19.2 Å². The van der Waals surface area contributed by atoms with Crippen molar-refractivity contribution >= 4 is 23.3 Å². The molecule has 1 aromatic carbocycles. The molecule has 0 bridgehead atoms. The summed E-state index contributed by atoms with van der Waals surface area (Å²) in [5.41, 5.74) is 7.17. The van der Waals surface area contributed by atoms with Crippen molar-refractivity contribution in [3.05, 3.63) is 23.8 Å². The van der Waals surface area contributed by atoms with E-state index in [0.717, 1.165) is 7.11 Å². The number of methoxy groups -OCH3 is 1. The van der Waals surface area contributed by atoms with Crippen LogP contribution in [0.25, 0.3) is 0 Å². The van der Waals surface area contributed by atoms with Gasteiger partial charge in [-0.2, -0.15) is 0 Å². The number of anilines is 2. The lowest BCUT2D eigenvalue weighted by Crippen LogP contribution is -2.37. The van der Waals surface area contributed by atoms with Crippen LogP contribution in [-0.2, 0) is 9.53 Å². The summed E-state index contributed by atoms with van der Waals surface area (Å²) in [7, 11) is 4.76. The second-order valence-corrected chi connectivity index (χ2v) is 4.42. The van der Waals surface area contributed by atoms with E-state index in [1.54, 1.807) is 31.1 Å². The summed E-state index contributed by atoms with van der Waals surface area (Å²) in [6, 6.07) is 4.95. The molecule has 0 aliphatic rings. The van der Waals surface area contributed by atoms with Crippen molar-refractivity contribution in [3.8, 4) is 0 Å². The highest BCUT2D eigenvalue weighted by Crippen LogP contribution is 2.21. The first-order chi connectivity index (χ1) is 9.36. The normalized spacial score (nSPS) is 11.6. The molecule has 7 nitrogen and oxygen atoms in total. The van der Waals surface area contributed by atoms with Gasteiger partial charge in [-0.25, -0.2) is 4.79 Å². The molecule has 0 aliphatic carbocycles. The van der Waals surface area contributed by atoms with Gasteiger partial charge in [-0.3, -0.25) is 4.79 Å². The molecule has 0 aromatic heterocycles. The summed E-state index contributed by atoms with van der Waals surface area (Å²) >= 11 is 0. The van der Waals surface area contributed by atoms with E-state index >= 15 is 0 Å². The molecule has 4 N–H and O–H groups in total. The number of rotatable bonds is 5. The lowest BCUT2D eigenvalue weighted by molar-refractivity contribution is -0.149. The Balaban J connectivity index is 2.82. The average Bonchev–Trinajstić information content (AvgIpc) is 2.42. The topological polar surface area (TPSA) is 105 Å². The summed E-state index contributed by atoms with van der Waals surface area (Å²) < 4.78 is 4.36. The number of aliphatic hydroxyl groups excluding tert-OH is 1. The van der Waals surface area contributed by atoms with E-state index < -0.39 is 18.0 Å². The van der Waals surface area contributed by atoms with E-state index in [4.69, 9.17) is 5.73 Å². The summed E-state index contributed by atoms with van der Waals surface area (Å²) in [6.07, 6.45) is -1.40. The van der Waals surface area contributed by atoms with Crippen molar-refractivity contribution in [2.24, 2.45) is 0 Å². The monoisotopic (exact) mass is 281 g/mol. The lowest BCUT2D eigenvalue weighted by Gasteiger charge is -2.18. The van der Waals surface area contributed by atoms with Gasteiger partial charge in [0, 0.05) is 25.5 Å². The van der Waals surface area contributed by atoms with E-state index in [2.05, 4.69) is 10.1 Å². The molecule has 1 rings (SSSR count). The maximum atomic E-state index is 12.1. The minimum atomic E-state index is -1.40. The molecule has 110 valence electrons. The number of aliphatic hydroxyl groups is 1. The van der Waals surface area contributed by atoms with Gasteiger partial charge in [-0.05, 0) is 18.2 Å². The molecule has 0 saturated carbocycles. The predicted molar refractivity (Wildman–Crippen MR) is 75.5 cm³/mol. The number of carbonyl (C=O) groups is 2. The lowest BCUT2D eigenvalue weighted by atomic mass is 10.1. The largest absolute Gasteiger partial charge is 0.467 e. The molecule has 1 unspecified atom stereocenters. The Morgan fingerprint density at radius 3 is 2.65 bits per heavy atom. The number of nitrogens with zero attached hydrogens (tertiary/aromatic N) is 1. The SMILES string of the molecule is COC(=O)C(O)CNC(=O)c1cc(N)ccc1N(C)C. The fourth-order valence-corrected chi connectivity index (χ4v) is 1.63. The van der Waals surface area contributed by atoms with Crippen molar-refractivity contribution in [2.45, 2.75) is 6.10 Å². The number of amides is 1. The van der Waals surface area contributed by atoms with Crippen LogP contribution in [0.3, 0.4) is 0 Å². The van der Waals surface area contributed by atoms with Crippen LogP contribution in [0.15, 0.2) is 18.2 Å². The molecule has 7 heteroatoms. The smallest absolute Gasteiger partial charge is 0.336 e. The van der Waals surface area contributed by atoms with E-state index in [1.165, 1.54) is 6.07 Å². The summed E-state index contributed by atoms with van der Waals surface area (Å²) in [5, 5.41) is 11.9. The third-order valence-corrected chi connectivity index (χ3v) is 2.68. The van der Waals surface area contributed by atoms with Gasteiger partial charge < -0.3 is 25.8 Å². The highest BCUT2D eigenvalue weighted by molar-refractivity contribution is 6.00. The third kappa shape index (κ3) is 3.86. The molecule has 1 aromatic rings. The molecule has 0 aliphatic heterocycles. The van der Waals surface area contributed by atoms with Crippen molar-refractivity contribution in [1.29, 1.82) is 0 Å². The molecule has 0 saturated heterocycles. The van der Waals surface area contributed by atoms with Crippen LogP contribution in [0.1, 0.15) is 10.4 Å². The van der Waals surface area contributed by atoms with Gasteiger partial charge in [-0.15, -0.1) is 0 Å². The van der Waals surface area contributed by atoms with Crippen molar-refractivity contribution in [3.63, 3.8) is 0 Å². The van der Waals surface area contributed by atoms with Crippen molar-refractivity contribution in [1.82, 2.24) is 5.32 Å². The maximum Gasteiger partial charge on any atom is 0.336 e. The Kier molecular flexibility index (Phi) is 5.33. The molecule has 1 atom stereocenters. The van der Waals surface area contributed by atoms with Crippen LogP contribution in [0.4, 0.5) is 11.4 Å². The van der Waals surface area contributed by atoms with E-state index in [0.29, 0.717) is 16.9 Å². The fourth-order valence-electron chi connectivity index (χ4n) is 1.63. The molecule has 1 amide bonds. The number of nitrogens with one attached hydrogen (secondary N) is 1. The molecule has 0 spiro atoms. The van der Waals surface area contributed by atoms with E-state index in [9.17, 15) is 14.7 Å². The Bertz CT molecular complexity index is 502. The first kappa shape index (κ1) is 15.8. The average molecular weight is 281 g/mol. The number of hydrogen-bond acceptors (Lipinski definition) is 6. The maximum absolute atomic E-state index is 12.1. The first-order valence-electron chi connectivity index (χ1n) is 5.97. The van der Waals surface area contributed by atoms with Crippen LogP contribution < -0.4 is 16.0 Å². The number of carbonyl (C=O) groups excluding carboxylic acids is 2. The van der Waals surface area contributed by atoms with E-state index in [1.807, 2.05) is 0 Å². The van der Waals surface area contributed by atoms with Gasteiger partial charge in [-0.1, -0.05) is 0 Å². The number of benzene rings is 1. The predicted octanol–water partition coefficient (Wildman–Crippen LogP) is -0.401. The molecule has 0 radical (unpaired) electrons.